The van der Waals surface area contributed by atoms with Crippen molar-refractivity contribution in [3.63, 3.8) is 0 Å². The third kappa shape index (κ3) is 1.99. The van der Waals surface area contributed by atoms with Crippen molar-refractivity contribution < 1.29 is 4.79 Å². The van der Waals surface area contributed by atoms with Crippen molar-refractivity contribution in [1.82, 2.24) is 14.9 Å². The molecule has 5 nitrogen and oxygen atoms in total. The van der Waals surface area contributed by atoms with Gasteiger partial charge in [-0.25, -0.2) is 14.8 Å². The minimum atomic E-state index is -0.0883. The number of amides is 2. The first-order valence-electron chi connectivity index (χ1n) is 4.61. The van der Waals surface area contributed by atoms with Crippen LogP contribution in [0.5, 0.6) is 0 Å². The molecule has 1 aromatic heterocycles. The first kappa shape index (κ1) is 8.93. The van der Waals surface area contributed by atoms with E-state index < -0.39 is 0 Å². The Hall–Kier alpha value is -1.65. The fraction of sp³-hybridized carbons (Fsp3) is 0.444. The molecule has 0 spiro atoms. The summed E-state index contributed by atoms with van der Waals surface area (Å²) in [6.07, 6.45) is 6.15. The largest absolute Gasteiger partial charge is 0.324 e. The first-order valence-corrected chi connectivity index (χ1v) is 4.61. The van der Waals surface area contributed by atoms with Crippen LogP contribution < -0.4 is 5.32 Å². The highest BCUT2D eigenvalue weighted by Gasteiger charge is 2.17. The molecule has 1 fully saturated rings. The Morgan fingerprint density at radius 2 is 2.29 bits per heavy atom. The van der Waals surface area contributed by atoms with Gasteiger partial charge in [-0.2, -0.15) is 0 Å². The lowest BCUT2D eigenvalue weighted by Crippen LogP contribution is -2.32. The molecule has 2 rings (SSSR count). The summed E-state index contributed by atoms with van der Waals surface area (Å²) in [4.78, 5) is 20.8. The van der Waals surface area contributed by atoms with Crippen molar-refractivity contribution in [2.24, 2.45) is 0 Å². The Bertz CT molecular complexity index is 308. The molecule has 1 N–H and O–H groups in total. The quantitative estimate of drug-likeness (QED) is 0.717. The highest BCUT2D eigenvalue weighted by molar-refractivity contribution is 5.88. The molecule has 1 aliphatic rings. The summed E-state index contributed by atoms with van der Waals surface area (Å²) >= 11 is 0. The number of carbonyl (C=O) groups excluding carboxylic acids is 1. The number of nitrogens with zero attached hydrogens (tertiary/aromatic N) is 3. The number of hydrogen-bond donors (Lipinski definition) is 1. The molecule has 0 atom stereocenters. The molecular weight excluding hydrogens is 180 g/mol. The van der Waals surface area contributed by atoms with Crippen LogP contribution >= 0.6 is 0 Å². The molecule has 73 valence electrons. The summed E-state index contributed by atoms with van der Waals surface area (Å²) in [5.41, 5.74) is 0. The normalized spacial score (nSPS) is 15.6. The molecule has 1 radical (unpaired) electrons. The average Bonchev–Trinajstić information content (AvgIpc) is 2.72. The third-order valence-electron chi connectivity index (χ3n) is 2.16. The van der Waals surface area contributed by atoms with E-state index in [2.05, 4.69) is 21.6 Å². The van der Waals surface area contributed by atoms with Crippen LogP contribution in [0.25, 0.3) is 0 Å². The molecule has 1 saturated heterocycles. The molecule has 2 amide bonds. The van der Waals surface area contributed by atoms with Crippen LogP contribution in [0.1, 0.15) is 12.8 Å². The Morgan fingerprint density at radius 1 is 1.50 bits per heavy atom. The van der Waals surface area contributed by atoms with Gasteiger partial charge in [0.1, 0.15) is 5.82 Å². The van der Waals surface area contributed by atoms with E-state index >= 15 is 0 Å². The predicted molar refractivity (Wildman–Crippen MR) is 50.7 cm³/mol. The zero-order valence-electron chi connectivity index (χ0n) is 7.73. The average molecular weight is 191 g/mol. The molecule has 1 aliphatic heterocycles. The number of carbonyl (C=O) groups is 1. The SMILES string of the molecule is O=C(Nc1ccn[c]n1)N1CCCC1. The second kappa shape index (κ2) is 4.04. The summed E-state index contributed by atoms with van der Waals surface area (Å²) in [7, 11) is 0. The van der Waals surface area contributed by atoms with Crippen molar-refractivity contribution in [1.29, 1.82) is 0 Å². The first-order chi connectivity index (χ1) is 6.86. The summed E-state index contributed by atoms with van der Waals surface area (Å²) < 4.78 is 0. The molecular formula is C9H11N4O. The number of rotatable bonds is 1. The number of anilines is 1. The van der Waals surface area contributed by atoms with E-state index in [1.165, 1.54) is 0 Å². The van der Waals surface area contributed by atoms with Crippen molar-refractivity contribution in [3.8, 4) is 0 Å². The summed E-state index contributed by atoms with van der Waals surface area (Å²) in [5.74, 6) is 0.497. The zero-order chi connectivity index (χ0) is 9.80. The lowest BCUT2D eigenvalue weighted by atomic mass is 10.4. The Morgan fingerprint density at radius 3 is 2.93 bits per heavy atom. The van der Waals surface area contributed by atoms with E-state index in [1.807, 2.05) is 0 Å². The maximum atomic E-state index is 11.6. The van der Waals surface area contributed by atoms with Gasteiger partial charge in [0.2, 0.25) is 0 Å². The van der Waals surface area contributed by atoms with E-state index in [9.17, 15) is 4.79 Å². The highest BCUT2D eigenvalue weighted by Crippen LogP contribution is 2.09. The summed E-state index contributed by atoms with van der Waals surface area (Å²) in [6.45, 7) is 1.67. The van der Waals surface area contributed by atoms with Crippen molar-refractivity contribution in [2.75, 3.05) is 18.4 Å². The van der Waals surface area contributed by atoms with Crippen LogP contribution in [0, 0.1) is 6.33 Å². The highest BCUT2D eigenvalue weighted by atomic mass is 16.2. The molecule has 0 unspecified atom stereocenters. The van der Waals surface area contributed by atoms with Gasteiger partial charge < -0.3 is 4.90 Å². The maximum Gasteiger partial charge on any atom is 0.323 e. The Balaban J connectivity index is 1.94. The smallest absolute Gasteiger partial charge is 0.323 e. The van der Waals surface area contributed by atoms with Gasteiger partial charge in [-0.3, -0.25) is 5.32 Å². The van der Waals surface area contributed by atoms with Crippen molar-refractivity contribution in [2.45, 2.75) is 12.8 Å². The fourth-order valence-corrected chi connectivity index (χ4v) is 1.44. The lowest BCUT2D eigenvalue weighted by Gasteiger charge is -2.15. The van der Waals surface area contributed by atoms with E-state index in [1.54, 1.807) is 17.2 Å². The summed E-state index contributed by atoms with van der Waals surface area (Å²) in [5, 5.41) is 2.69. The van der Waals surface area contributed by atoms with Crippen LogP contribution in [0.4, 0.5) is 10.6 Å². The Labute approximate surface area is 82.2 Å². The van der Waals surface area contributed by atoms with Gasteiger partial charge in [-0.15, -0.1) is 0 Å². The molecule has 1 aromatic rings. The van der Waals surface area contributed by atoms with Gasteiger partial charge in [0, 0.05) is 19.3 Å². The van der Waals surface area contributed by atoms with Gasteiger partial charge in [0.15, 0.2) is 6.33 Å². The van der Waals surface area contributed by atoms with E-state index in [4.69, 9.17) is 0 Å². The number of nitrogens with one attached hydrogen (secondary N) is 1. The number of urea groups is 1. The molecule has 5 heteroatoms. The van der Waals surface area contributed by atoms with Gasteiger partial charge >= 0.3 is 6.03 Å². The van der Waals surface area contributed by atoms with Gasteiger partial charge in [-0.1, -0.05) is 0 Å². The van der Waals surface area contributed by atoms with Crippen LogP contribution in [0.3, 0.4) is 0 Å². The zero-order valence-corrected chi connectivity index (χ0v) is 7.73. The standard InChI is InChI=1S/C9H11N4O/c14-9(13-5-1-2-6-13)12-8-3-4-10-7-11-8/h3-4H,1-2,5-6H2,(H,10,11,12,14). The molecule has 14 heavy (non-hydrogen) atoms. The van der Waals surface area contributed by atoms with E-state index in [0.29, 0.717) is 5.82 Å². The Kier molecular flexibility index (Phi) is 2.58. The van der Waals surface area contributed by atoms with Crippen LogP contribution in [0.15, 0.2) is 12.3 Å². The van der Waals surface area contributed by atoms with E-state index in [0.717, 1.165) is 25.9 Å². The van der Waals surface area contributed by atoms with E-state index in [-0.39, 0.29) is 6.03 Å². The minimum absolute atomic E-state index is 0.0883. The monoisotopic (exact) mass is 191 g/mol. The van der Waals surface area contributed by atoms with Gasteiger partial charge in [0.25, 0.3) is 0 Å². The van der Waals surface area contributed by atoms with Crippen LogP contribution in [-0.2, 0) is 0 Å². The number of aromatic nitrogens is 2. The molecule has 0 bridgehead atoms. The van der Waals surface area contributed by atoms with Crippen LogP contribution in [0.2, 0.25) is 0 Å². The minimum Gasteiger partial charge on any atom is -0.324 e. The van der Waals surface area contributed by atoms with Crippen molar-refractivity contribution >= 4 is 11.8 Å². The molecule has 0 aromatic carbocycles. The fourth-order valence-electron chi connectivity index (χ4n) is 1.44. The van der Waals surface area contributed by atoms with Crippen molar-refractivity contribution in [3.05, 3.63) is 18.6 Å². The topological polar surface area (TPSA) is 58.1 Å². The number of hydrogen-bond acceptors (Lipinski definition) is 3. The lowest BCUT2D eigenvalue weighted by molar-refractivity contribution is 0.222. The molecule has 2 heterocycles. The van der Waals surface area contributed by atoms with Gasteiger partial charge in [-0.05, 0) is 18.9 Å². The maximum absolute atomic E-state index is 11.6. The van der Waals surface area contributed by atoms with Gasteiger partial charge in [0.05, 0.1) is 0 Å². The number of likely N-dealkylation sites (tertiary alicyclic amines) is 1. The molecule has 0 aliphatic carbocycles. The summed E-state index contributed by atoms with van der Waals surface area (Å²) in [6, 6.07) is 1.55. The van der Waals surface area contributed by atoms with Crippen LogP contribution in [-0.4, -0.2) is 34.0 Å². The second-order valence-corrected chi connectivity index (χ2v) is 3.17. The third-order valence-corrected chi connectivity index (χ3v) is 2.16. The second-order valence-electron chi connectivity index (χ2n) is 3.17. The molecule has 0 saturated carbocycles. The predicted octanol–water partition coefficient (Wildman–Crippen LogP) is 0.904.